The highest BCUT2D eigenvalue weighted by molar-refractivity contribution is 5.96. The van der Waals surface area contributed by atoms with Crippen molar-refractivity contribution < 1.29 is 19.4 Å². The Balaban J connectivity index is 2.46. The maximum absolute atomic E-state index is 13.2. The molecule has 1 aliphatic rings. The summed E-state index contributed by atoms with van der Waals surface area (Å²) in [5.41, 5.74) is -0.0176. The molecule has 5 heteroatoms. The number of allylic oxidation sites excluding steroid dienone is 1. The lowest BCUT2D eigenvalue weighted by Crippen LogP contribution is -2.45. The van der Waals surface area contributed by atoms with Crippen LogP contribution in [-0.4, -0.2) is 33.7 Å². The van der Waals surface area contributed by atoms with Crippen LogP contribution < -0.4 is 0 Å². The van der Waals surface area contributed by atoms with E-state index in [1.807, 2.05) is 44.2 Å². The minimum atomic E-state index is -0.953. The van der Waals surface area contributed by atoms with Gasteiger partial charge in [0, 0.05) is 0 Å². The Morgan fingerprint density at radius 2 is 1.88 bits per heavy atom. The van der Waals surface area contributed by atoms with Gasteiger partial charge in [-0.15, -0.1) is 0 Å². The van der Waals surface area contributed by atoms with Crippen molar-refractivity contribution in [2.45, 2.75) is 52.4 Å². The first-order valence-corrected chi connectivity index (χ1v) is 8.62. The normalized spacial score (nSPS) is 22.3. The van der Waals surface area contributed by atoms with E-state index in [0.717, 1.165) is 5.56 Å². The van der Waals surface area contributed by atoms with Crippen LogP contribution in [0, 0.1) is 11.8 Å². The third kappa shape index (κ3) is 3.76. The van der Waals surface area contributed by atoms with E-state index >= 15 is 0 Å². The number of ether oxygens (including phenoxy) is 1. The van der Waals surface area contributed by atoms with Crippen LogP contribution in [0.2, 0.25) is 0 Å². The molecule has 1 heterocycles. The molecule has 5 nitrogen and oxygen atoms in total. The highest BCUT2D eigenvalue weighted by Gasteiger charge is 2.53. The van der Waals surface area contributed by atoms with E-state index in [1.54, 1.807) is 32.9 Å². The zero-order valence-corrected chi connectivity index (χ0v) is 15.5. The van der Waals surface area contributed by atoms with Gasteiger partial charge in [0.2, 0.25) is 5.91 Å². The van der Waals surface area contributed by atoms with Crippen molar-refractivity contribution in [1.82, 2.24) is 4.90 Å². The number of amides is 2. The quantitative estimate of drug-likeness (QED) is 0.827. The molecule has 0 aliphatic carbocycles. The smallest absolute Gasteiger partial charge is 0.417 e. The molecule has 3 atom stereocenters. The van der Waals surface area contributed by atoms with Crippen LogP contribution in [0.15, 0.2) is 42.5 Å². The molecule has 1 aliphatic heterocycles. The minimum absolute atomic E-state index is 0.133. The van der Waals surface area contributed by atoms with Gasteiger partial charge < -0.3 is 9.84 Å². The van der Waals surface area contributed by atoms with Crippen LogP contribution in [0.5, 0.6) is 0 Å². The van der Waals surface area contributed by atoms with Gasteiger partial charge >= 0.3 is 6.09 Å². The number of benzene rings is 1. The Bertz CT molecular complexity index is 651. The Morgan fingerprint density at radius 3 is 2.40 bits per heavy atom. The molecule has 0 saturated carbocycles. The summed E-state index contributed by atoms with van der Waals surface area (Å²) < 4.78 is 5.49. The van der Waals surface area contributed by atoms with Crippen LogP contribution in [0.1, 0.15) is 46.2 Å². The molecule has 1 fully saturated rings. The number of carbonyl (C=O) groups is 2. The summed E-state index contributed by atoms with van der Waals surface area (Å²) in [6.45, 7) is 9.09. The van der Waals surface area contributed by atoms with Crippen LogP contribution in [-0.2, 0) is 9.53 Å². The molecule has 2 rings (SSSR count). The third-order valence-electron chi connectivity index (χ3n) is 4.58. The van der Waals surface area contributed by atoms with Gasteiger partial charge in [-0.2, -0.15) is 0 Å². The summed E-state index contributed by atoms with van der Waals surface area (Å²) in [7, 11) is 0. The van der Waals surface area contributed by atoms with Gasteiger partial charge in [0.1, 0.15) is 11.6 Å². The standard InChI is InChI=1S/C20H27NO4/c1-6-10-15(22)16(13(2)3)18(23)21-17(14-11-8-7-9-12-14)20(4,5)25-19(21)24/h6-13,15-17,22H,1-5H3/b10-6+/t15-,16+,17+/m0/s1. The van der Waals surface area contributed by atoms with Gasteiger partial charge in [-0.1, -0.05) is 56.3 Å². The second-order valence-electron chi connectivity index (χ2n) is 7.28. The van der Waals surface area contributed by atoms with E-state index in [4.69, 9.17) is 4.74 Å². The Kier molecular flexibility index (Phi) is 5.68. The lowest BCUT2D eigenvalue weighted by Gasteiger charge is -2.32. The number of aliphatic hydroxyl groups is 1. The van der Waals surface area contributed by atoms with E-state index in [0.29, 0.717) is 0 Å². The minimum Gasteiger partial charge on any atom is -0.440 e. The fraction of sp³-hybridized carbons (Fsp3) is 0.500. The lowest BCUT2D eigenvalue weighted by atomic mass is 9.86. The number of carbonyl (C=O) groups excluding carboxylic acids is 2. The van der Waals surface area contributed by atoms with Gasteiger partial charge in [-0.05, 0) is 32.3 Å². The van der Waals surface area contributed by atoms with E-state index in [1.165, 1.54) is 4.90 Å². The summed E-state index contributed by atoms with van der Waals surface area (Å²) in [5.74, 6) is -1.26. The monoisotopic (exact) mass is 345 g/mol. The molecule has 0 radical (unpaired) electrons. The second kappa shape index (κ2) is 7.40. The first kappa shape index (κ1) is 19.2. The number of cyclic esters (lactones) is 1. The summed E-state index contributed by atoms with van der Waals surface area (Å²) in [5, 5.41) is 10.4. The molecule has 1 saturated heterocycles. The van der Waals surface area contributed by atoms with Crippen molar-refractivity contribution in [3.8, 4) is 0 Å². The maximum Gasteiger partial charge on any atom is 0.417 e. The molecule has 2 amide bonds. The van der Waals surface area contributed by atoms with E-state index in [-0.39, 0.29) is 5.92 Å². The third-order valence-corrected chi connectivity index (χ3v) is 4.58. The fourth-order valence-corrected chi connectivity index (χ4v) is 3.45. The second-order valence-corrected chi connectivity index (χ2v) is 7.28. The molecular formula is C20H27NO4. The molecule has 25 heavy (non-hydrogen) atoms. The van der Waals surface area contributed by atoms with Gasteiger partial charge in [0.25, 0.3) is 0 Å². The molecule has 1 aromatic rings. The van der Waals surface area contributed by atoms with Crippen LogP contribution >= 0.6 is 0 Å². The predicted molar refractivity (Wildman–Crippen MR) is 95.7 cm³/mol. The summed E-state index contributed by atoms with van der Waals surface area (Å²) in [6, 6.07) is 8.83. The van der Waals surface area contributed by atoms with E-state index < -0.39 is 35.7 Å². The highest BCUT2D eigenvalue weighted by atomic mass is 16.6. The average Bonchev–Trinajstić information content (AvgIpc) is 2.76. The molecule has 0 spiro atoms. The maximum atomic E-state index is 13.2. The Hall–Kier alpha value is -2.14. The van der Waals surface area contributed by atoms with Crippen molar-refractivity contribution >= 4 is 12.0 Å². The van der Waals surface area contributed by atoms with Crippen molar-refractivity contribution in [2.75, 3.05) is 0 Å². The van der Waals surface area contributed by atoms with Crippen LogP contribution in [0.3, 0.4) is 0 Å². The summed E-state index contributed by atoms with van der Waals surface area (Å²) >= 11 is 0. The number of nitrogens with zero attached hydrogens (tertiary/aromatic N) is 1. The first-order chi connectivity index (χ1) is 11.7. The molecule has 1 N–H and O–H groups in total. The topological polar surface area (TPSA) is 66.8 Å². The average molecular weight is 345 g/mol. The van der Waals surface area contributed by atoms with Gasteiger partial charge in [0.05, 0.1) is 12.0 Å². The van der Waals surface area contributed by atoms with E-state index in [2.05, 4.69) is 0 Å². The zero-order chi connectivity index (χ0) is 18.8. The highest BCUT2D eigenvalue weighted by Crippen LogP contribution is 2.42. The van der Waals surface area contributed by atoms with E-state index in [9.17, 15) is 14.7 Å². The Morgan fingerprint density at radius 1 is 1.28 bits per heavy atom. The largest absolute Gasteiger partial charge is 0.440 e. The first-order valence-electron chi connectivity index (χ1n) is 8.62. The van der Waals surface area contributed by atoms with Crippen molar-refractivity contribution in [2.24, 2.45) is 11.8 Å². The van der Waals surface area contributed by atoms with Gasteiger partial charge in [-0.3, -0.25) is 4.79 Å². The van der Waals surface area contributed by atoms with Gasteiger partial charge in [0.15, 0.2) is 0 Å². The SMILES string of the molecule is C/C=C/[C@H](O)[C@H](C(=O)N1C(=O)OC(C)(C)[C@H]1c1ccccc1)C(C)C. The van der Waals surface area contributed by atoms with Gasteiger partial charge in [-0.25, -0.2) is 9.69 Å². The number of aliphatic hydroxyl groups excluding tert-OH is 1. The number of imide groups is 1. The predicted octanol–water partition coefficient (Wildman–Crippen LogP) is 3.69. The number of hydrogen-bond acceptors (Lipinski definition) is 4. The van der Waals surface area contributed by atoms with Crippen molar-refractivity contribution in [3.05, 3.63) is 48.0 Å². The Labute approximate surface area is 149 Å². The van der Waals surface area contributed by atoms with Crippen molar-refractivity contribution in [1.29, 1.82) is 0 Å². The molecule has 136 valence electrons. The van der Waals surface area contributed by atoms with Crippen molar-refractivity contribution in [3.63, 3.8) is 0 Å². The summed E-state index contributed by atoms with van der Waals surface area (Å²) in [6.07, 6.45) is 1.66. The number of hydrogen-bond donors (Lipinski definition) is 1. The zero-order valence-electron chi connectivity index (χ0n) is 15.5. The molecular weight excluding hydrogens is 318 g/mol. The van der Waals surface area contributed by atoms with Crippen LogP contribution in [0.4, 0.5) is 4.79 Å². The number of rotatable bonds is 5. The lowest BCUT2D eigenvalue weighted by molar-refractivity contribution is -0.138. The molecule has 1 aromatic carbocycles. The molecule has 0 bridgehead atoms. The fourth-order valence-electron chi connectivity index (χ4n) is 3.45. The van der Waals surface area contributed by atoms with Crippen LogP contribution in [0.25, 0.3) is 0 Å². The summed E-state index contributed by atoms with van der Waals surface area (Å²) in [4.78, 5) is 26.9. The molecule has 0 unspecified atom stereocenters. The molecule has 0 aromatic heterocycles.